The van der Waals surface area contributed by atoms with Crippen LogP contribution in [0.1, 0.15) is 17.2 Å². The summed E-state index contributed by atoms with van der Waals surface area (Å²) >= 11 is 0. The van der Waals surface area contributed by atoms with E-state index < -0.39 is 5.97 Å². The summed E-state index contributed by atoms with van der Waals surface area (Å²) in [6.07, 6.45) is 3.58. The predicted molar refractivity (Wildman–Crippen MR) is 64.3 cm³/mol. The topological polar surface area (TPSA) is 98.3 Å². The largest absolute Gasteiger partial charge is 0.483 e. The van der Waals surface area contributed by atoms with Crippen molar-refractivity contribution in [2.45, 2.75) is 13.5 Å². The molecule has 2 aromatic rings. The van der Waals surface area contributed by atoms with E-state index in [1.54, 1.807) is 19.1 Å². The van der Waals surface area contributed by atoms with Crippen LogP contribution in [0.3, 0.4) is 0 Å². The zero-order valence-electron chi connectivity index (χ0n) is 10.1. The maximum atomic E-state index is 10.5. The van der Waals surface area contributed by atoms with E-state index in [0.717, 1.165) is 11.8 Å². The van der Waals surface area contributed by atoms with Crippen molar-refractivity contribution in [3.8, 4) is 5.75 Å². The second-order valence-corrected chi connectivity index (χ2v) is 3.64. The van der Waals surface area contributed by atoms with Gasteiger partial charge < -0.3 is 14.4 Å². The van der Waals surface area contributed by atoms with Gasteiger partial charge in [0.25, 0.3) is 0 Å². The molecule has 0 amide bonds. The van der Waals surface area contributed by atoms with E-state index in [4.69, 9.17) is 9.84 Å². The standard InChI is InChI=1S/C12H11N3O4/c1-8-2-4-10(9(14-8)3-5-12(16)17)18-6-11-13-7-19-15-11/h2-5,7H,6H2,1H3,(H,16,17). The molecule has 0 aliphatic rings. The normalized spacial score (nSPS) is 10.8. The van der Waals surface area contributed by atoms with Gasteiger partial charge in [-0.2, -0.15) is 4.98 Å². The van der Waals surface area contributed by atoms with Gasteiger partial charge in [-0.1, -0.05) is 5.16 Å². The third kappa shape index (κ3) is 3.63. The highest BCUT2D eigenvalue weighted by molar-refractivity contribution is 5.85. The fraction of sp³-hybridized carbons (Fsp3) is 0.167. The van der Waals surface area contributed by atoms with Crippen LogP contribution in [0.15, 0.2) is 29.1 Å². The van der Waals surface area contributed by atoms with Gasteiger partial charge in [0.05, 0.1) is 0 Å². The Balaban J connectivity index is 2.16. The second kappa shape index (κ2) is 5.76. The monoisotopic (exact) mass is 261 g/mol. The van der Waals surface area contributed by atoms with E-state index in [1.165, 1.54) is 12.5 Å². The summed E-state index contributed by atoms with van der Waals surface area (Å²) in [5, 5.41) is 12.2. The summed E-state index contributed by atoms with van der Waals surface area (Å²) in [4.78, 5) is 18.5. The summed E-state index contributed by atoms with van der Waals surface area (Å²) in [7, 11) is 0. The number of ether oxygens (including phenoxy) is 1. The van der Waals surface area contributed by atoms with E-state index in [1.807, 2.05) is 0 Å². The molecule has 0 unspecified atom stereocenters. The molecule has 2 aromatic heterocycles. The van der Waals surface area contributed by atoms with Gasteiger partial charge in [-0.3, -0.25) is 0 Å². The molecule has 0 radical (unpaired) electrons. The molecule has 0 bridgehead atoms. The van der Waals surface area contributed by atoms with Crippen LogP contribution in [-0.4, -0.2) is 26.2 Å². The van der Waals surface area contributed by atoms with Crippen molar-refractivity contribution in [1.82, 2.24) is 15.1 Å². The van der Waals surface area contributed by atoms with Gasteiger partial charge >= 0.3 is 5.97 Å². The highest BCUT2D eigenvalue weighted by Gasteiger charge is 2.06. The number of pyridine rings is 1. The molecular weight excluding hydrogens is 250 g/mol. The van der Waals surface area contributed by atoms with Gasteiger partial charge in [-0.25, -0.2) is 9.78 Å². The molecule has 0 fully saturated rings. The Kier molecular flexibility index (Phi) is 3.87. The van der Waals surface area contributed by atoms with E-state index in [0.29, 0.717) is 17.3 Å². The van der Waals surface area contributed by atoms with Gasteiger partial charge in [0.1, 0.15) is 11.4 Å². The first-order valence-corrected chi connectivity index (χ1v) is 5.42. The number of carboxylic acids is 1. The van der Waals surface area contributed by atoms with Crippen molar-refractivity contribution >= 4 is 12.0 Å². The molecule has 0 spiro atoms. The third-order valence-corrected chi connectivity index (χ3v) is 2.17. The molecule has 0 aromatic carbocycles. The molecule has 2 rings (SSSR count). The molecule has 7 nitrogen and oxygen atoms in total. The van der Waals surface area contributed by atoms with Crippen molar-refractivity contribution in [3.05, 3.63) is 41.8 Å². The van der Waals surface area contributed by atoms with Crippen LogP contribution in [0.25, 0.3) is 6.08 Å². The fourth-order valence-electron chi connectivity index (χ4n) is 1.35. The lowest BCUT2D eigenvalue weighted by molar-refractivity contribution is -0.131. The number of aromatic nitrogens is 3. The van der Waals surface area contributed by atoms with Crippen LogP contribution in [-0.2, 0) is 11.4 Å². The molecule has 7 heteroatoms. The van der Waals surface area contributed by atoms with Gasteiger partial charge in [0.2, 0.25) is 12.2 Å². The number of aryl methyl sites for hydroxylation is 1. The Morgan fingerprint density at radius 2 is 2.37 bits per heavy atom. The first-order chi connectivity index (χ1) is 9.15. The Morgan fingerprint density at radius 3 is 3.05 bits per heavy atom. The predicted octanol–water partition coefficient (Wildman–Crippen LogP) is 1.45. The first kappa shape index (κ1) is 12.7. The summed E-state index contributed by atoms with van der Waals surface area (Å²) < 4.78 is 10.1. The molecule has 19 heavy (non-hydrogen) atoms. The fourth-order valence-corrected chi connectivity index (χ4v) is 1.35. The zero-order chi connectivity index (χ0) is 13.7. The first-order valence-electron chi connectivity index (χ1n) is 5.42. The number of rotatable bonds is 5. The SMILES string of the molecule is Cc1ccc(OCc2ncon2)c(C=CC(=O)O)n1. The van der Waals surface area contributed by atoms with Crippen molar-refractivity contribution in [2.75, 3.05) is 0 Å². The third-order valence-electron chi connectivity index (χ3n) is 2.17. The Labute approximate surface area is 108 Å². The summed E-state index contributed by atoms with van der Waals surface area (Å²) in [5.41, 5.74) is 1.20. The Bertz CT molecular complexity index is 593. The number of hydrogen-bond donors (Lipinski definition) is 1. The lowest BCUT2D eigenvalue weighted by Crippen LogP contribution is -2.00. The summed E-state index contributed by atoms with van der Waals surface area (Å²) in [6, 6.07) is 3.48. The van der Waals surface area contributed by atoms with Crippen LogP contribution in [0.5, 0.6) is 5.75 Å². The van der Waals surface area contributed by atoms with Crippen molar-refractivity contribution in [2.24, 2.45) is 0 Å². The molecular formula is C12H11N3O4. The summed E-state index contributed by atoms with van der Waals surface area (Å²) in [6.45, 7) is 1.93. The van der Waals surface area contributed by atoms with Crippen molar-refractivity contribution in [1.29, 1.82) is 0 Å². The number of nitrogens with zero attached hydrogens (tertiary/aromatic N) is 3. The van der Waals surface area contributed by atoms with Crippen LogP contribution in [0, 0.1) is 6.92 Å². The zero-order valence-corrected chi connectivity index (χ0v) is 10.1. The minimum Gasteiger partial charge on any atom is -0.483 e. The maximum Gasteiger partial charge on any atom is 0.328 e. The Morgan fingerprint density at radius 1 is 1.53 bits per heavy atom. The van der Waals surface area contributed by atoms with E-state index >= 15 is 0 Å². The van der Waals surface area contributed by atoms with Gasteiger partial charge in [-0.05, 0) is 25.1 Å². The van der Waals surface area contributed by atoms with Crippen molar-refractivity contribution in [3.63, 3.8) is 0 Å². The number of carboxylic acid groups (broad SMARTS) is 1. The minimum atomic E-state index is -1.05. The van der Waals surface area contributed by atoms with Crippen LogP contribution in [0.2, 0.25) is 0 Å². The molecule has 2 heterocycles. The Hall–Kier alpha value is -2.70. The van der Waals surface area contributed by atoms with Gasteiger partial charge in [0, 0.05) is 11.8 Å². The lowest BCUT2D eigenvalue weighted by Gasteiger charge is -2.07. The average Bonchev–Trinajstić information content (AvgIpc) is 2.88. The molecule has 0 atom stereocenters. The molecule has 1 N–H and O–H groups in total. The number of carbonyl (C=O) groups is 1. The van der Waals surface area contributed by atoms with E-state index in [9.17, 15) is 4.79 Å². The van der Waals surface area contributed by atoms with Crippen LogP contribution >= 0.6 is 0 Å². The average molecular weight is 261 g/mol. The van der Waals surface area contributed by atoms with Crippen LogP contribution < -0.4 is 4.74 Å². The van der Waals surface area contributed by atoms with E-state index in [-0.39, 0.29) is 6.61 Å². The minimum absolute atomic E-state index is 0.120. The van der Waals surface area contributed by atoms with Gasteiger partial charge in [-0.15, -0.1) is 0 Å². The number of aliphatic carboxylic acids is 1. The van der Waals surface area contributed by atoms with Crippen molar-refractivity contribution < 1.29 is 19.2 Å². The second-order valence-electron chi connectivity index (χ2n) is 3.64. The summed E-state index contributed by atoms with van der Waals surface area (Å²) in [5.74, 6) is -0.200. The van der Waals surface area contributed by atoms with Crippen LogP contribution in [0.4, 0.5) is 0 Å². The lowest BCUT2D eigenvalue weighted by atomic mass is 10.2. The van der Waals surface area contributed by atoms with E-state index in [2.05, 4.69) is 19.6 Å². The highest BCUT2D eigenvalue weighted by atomic mass is 16.5. The highest BCUT2D eigenvalue weighted by Crippen LogP contribution is 2.19. The molecule has 0 saturated heterocycles. The molecule has 98 valence electrons. The molecule has 0 saturated carbocycles. The smallest absolute Gasteiger partial charge is 0.328 e. The number of hydrogen-bond acceptors (Lipinski definition) is 6. The maximum absolute atomic E-state index is 10.5. The molecule has 0 aliphatic heterocycles. The van der Waals surface area contributed by atoms with Gasteiger partial charge in [0.15, 0.2) is 6.61 Å². The molecule has 0 aliphatic carbocycles. The quantitative estimate of drug-likeness (QED) is 0.813.